The van der Waals surface area contributed by atoms with E-state index in [4.69, 9.17) is 0 Å². The molecule has 0 radical (unpaired) electrons. The van der Waals surface area contributed by atoms with Gasteiger partial charge in [-0.05, 0) is 30.5 Å². The first-order chi connectivity index (χ1) is 9.94. The van der Waals surface area contributed by atoms with Crippen molar-refractivity contribution in [3.05, 3.63) is 35.6 Å². The maximum absolute atomic E-state index is 13.0. The molecular weight excluding hydrogens is 277 g/mol. The maximum atomic E-state index is 13.0. The quantitative estimate of drug-likeness (QED) is 0.868. The lowest BCUT2D eigenvalue weighted by molar-refractivity contribution is -0.149. The number of nitrogens with zero attached hydrogens (tertiary/aromatic N) is 1. The number of hydrogen-bond acceptors (Lipinski definition) is 3. The van der Waals surface area contributed by atoms with E-state index >= 15 is 0 Å². The fourth-order valence-corrected chi connectivity index (χ4v) is 3.07. The minimum Gasteiger partial charge on any atom is -0.480 e. The normalized spacial score (nSPS) is 26.7. The van der Waals surface area contributed by atoms with Crippen LogP contribution in [0.4, 0.5) is 4.39 Å². The van der Waals surface area contributed by atoms with E-state index in [0.717, 1.165) is 0 Å². The molecule has 1 aliphatic heterocycles. The third-order valence-electron chi connectivity index (χ3n) is 4.38. The molecule has 6 heteroatoms. The van der Waals surface area contributed by atoms with Gasteiger partial charge in [-0.3, -0.25) is 4.79 Å². The van der Waals surface area contributed by atoms with E-state index in [-0.39, 0.29) is 24.7 Å². The van der Waals surface area contributed by atoms with Crippen LogP contribution in [0.2, 0.25) is 0 Å². The van der Waals surface area contributed by atoms with E-state index in [0.29, 0.717) is 18.4 Å². The van der Waals surface area contributed by atoms with E-state index in [1.165, 1.54) is 17.0 Å². The van der Waals surface area contributed by atoms with Crippen LogP contribution in [0.25, 0.3) is 0 Å². The maximum Gasteiger partial charge on any atom is 0.326 e. The molecule has 3 rings (SSSR count). The molecule has 0 spiro atoms. The summed E-state index contributed by atoms with van der Waals surface area (Å²) in [5, 5.41) is 18.8. The minimum absolute atomic E-state index is 0.0404. The number of hydrogen-bond donors (Lipinski definition) is 2. The molecule has 2 unspecified atom stereocenters. The zero-order valence-electron chi connectivity index (χ0n) is 11.3. The lowest BCUT2D eigenvalue weighted by Gasteiger charge is -2.26. The lowest BCUT2D eigenvalue weighted by Crippen LogP contribution is -2.45. The molecule has 2 atom stereocenters. The van der Waals surface area contributed by atoms with Crippen LogP contribution in [0.5, 0.6) is 0 Å². The molecule has 1 aromatic carbocycles. The molecule has 1 heterocycles. The summed E-state index contributed by atoms with van der Waals surface area (Å²) in [6.45, 7) is 0.0404. The van der Waals surface area contributed by atoms with Crippen LogP contribution in [-0.2, 0) is 15.0 Å². The topological polar surface area (TPSA) is 77.8 Å². The summed E-state index contributed by atoms with van der Waals surface area (Å²) >= 11 is 0. The molecule has 1 aromatic rings. The van der Waals surface area contributed by atoms with Gasteiger partial charge in [-0.15, -0.1) is 0 Å². The number of carbonyl (C=O) groups excluding carboxylic acids is 1. The summed E-state index contributed by atoms with van der Waals surface area (Å²) in [5.41, 5.74) is -0.0368. The molecule has 1 saturated carbocycles. The number of benzene rings is 1. The number of carboxylic acids is 1. The Hall–Kier alpha value is -1.95. The van der Waals surface area contributed by atoms with Crippen molar-refractivity contribution in [2.24, 2.45) is 0 Å². The largest absolute Gasteiger partial charge is 0.480 e. The highest BCUT2D eigenvalue weighted by Crippen LogP contribution is 2.50. The molecule has 1 saturated heterocycles. The summed E-state index contributed by atoms with van der Waals surface area (Å²) in [6.07, 6.45) is 0.493. The van der Waals surface area contributed by atoms with Crippen LogP contribution in [0, 0.1) is 5.82 Å². The first-order valence-corrected chi connectivity index (χ1v) is 6.92. The number of carboxylic acid groups (broad SMARTS) is 1. The van der Waals surface area contributed by atoms with Gasteiger partial charge in [-0.1, -0.05) is 12.1 Å². The Bertz CT molecular complexity index is 582. The summed E-state index contributed by atoms with van der Waals surface area (Å²) in [7, 11) is 0. The molecule has 0 aromatic heterocycles. The summed E-state index contributed by atoms with van der Waals surface area (Å²) in [5.74, 6) is -1.75. The van der Waals surface area contributed by atoms with Crippen molar-refractivity contribution < 1.29 is 24.2 Å². The summed E-state index contributed by atoms with van der Waals surface area (Å²) < 4.78 is 13.0. The molecule has 2 aliphatic rings. The predicted molar refractivity (Wildman–Crippen MR) is 71.1 cm³/mol. The Morgan fingerprint density at radius 3 is 2.38 bits per heavy atom. The number of β-amino-alcohol motifs (C(OH)–C–C–N with tert-alkyl or cyclic N) is 1. The van der Waals surface area contributed by atoms with Gasteiger partial charge >= 0.3 is 5.97 Å². The standard InChI is InChI=1S/C15H16FNO4/c16-10-3-1-9(2-4-10)15(5-6-15)14(21)17-8-11(18)7-12(17)13(19)20/h1-4,11-12,18H,5-8H2,(H,19,20). The fraction of sp³-hybridized carbons (Fsp3) is 0.467. The van der Waals surface area contributed by atoms with E-state index < -0.39 is 23.5 Å². The average Bonchev–Trinajstić information content (AvgIpc) is 3.15. The number of aliphatic carboxylic acids is 1. The zero-order valence-corrected chi connectivity index (χ0v) is 11.3. The van der Waals surface area contributed by atoms with Gasteiger partial charge in [-0.2, -0.15) is 0 Å². The van der Waals surface area contributed by atoms with Crippen molar-refractivity contribution in [1.29, 1.82) is 0 Å². The molecule has 1 amide bonds. The minimum atomic E-state index is -1.10. The number of aliphatic hydroxyl groups is 1. The summed E-state index contributed by atoms with van der Waals surface area (Å²) in [4.78, 5) is 25.2. The molecule has 5 nitrogen and oxygen atoms in total. The average molecular weight is 293 g/mol. The molecule has 1 aliphatic carbocycles. The van der Waals surface area contributed by atoms with Crippen molar-refractivity contribution in [2.75, 3.05) is 6.54 Å². The lowest BCUT2D eigenvalue weighted by atomic mass is 9.94. The van der Waals surface area contributed by atoms with Crippen molar-refractivity contribution >= 4 is 11.9 Å². The Balaban J connectivity index is 1.87. The van der Waals surface area contributed by atoms with Crippen LogP contribution in [0.15, 0.2) is 24.3 Å². The monoisotopic (exact) mass is 293 g/mol. The highest BCUT2D eigenvalue weighted by atomic mass is 19.1. The number of aliphatic hydroxyl groups excluding tert-OH is 1. The second kappa shape index (κ2) is 4.80. The Labute approximate surface area is 121 Å². The number of halogens is 1. The molecular formula is C15H16FNO4. The van der Waals surface area contributed by atoms with Crippen molar-refractivity contribution in [3.8, 4) is 0 Å². The number of rotatable bonds is 3. The van der Waals surface area contributed by atoms with Gasteiger partial charge < -0.3 is 15.1 Å². The van der Waals surface area contributed by atoms with Crippen molar-refractivity contribution in [1.82, 2.24) is 4.90 Å². The highest BCUT2D eigenvalue weighted by Gasteiger charge is 2.56. The van der Waals surface area contributed by atoms with Gasteiger partial charge in [0.25, 0.3) is 0 Å². The first kappa shape index (κ1) is 14.0. The summed E-state index contributed by atoms with van der Waals surface area (Å²) in [6, 6.07) is 4.77. The fourth-order valence-electron chi connectivity index (χ4n) is 3.07. The van der Waals surface area contributed by atoms with Gasteiger partial charge in [0, 0.05) is 13.0 Å². The number of carbonyl (C=O) groups is 2. The first-order valence-electron chi connectivity index (χ1n) is 6.92. The van der Waals surface area contributed by atoms with Gasteiger partial charge in [-0.25, -0.2) is 9.18 Å². The third kappa shape index (κ3) is 2.29. The second-order valence-electron chi connectivity index (χ2n) is 5.79. The van der Waals surface area contributed by atoms with Crippen molar-refractivity contribution in [2.45, 2.75) is 36.8 Å². The molecule has 112 valence electrons. The van der Waals surface area contributed by atoms with Gasteiger partial charge in [0.05, 0.1) is 11.5 Å². The molecule has 0 bridgehead atoms. The van der Waals surface area contributed by atoms with Gasteiger partial charge in [0.1, 0.15) is 11.9 Å². The third-order valence-corrected chi connectivity index (χ3v) is 4.38. The van der Waals surface area contributed by atoms with E-state index in [1.54, 1.807) is 12.1 Å². The van der Waals surface area contributed by atoms with E-state index in [1.807, 2.05) is 0 Å². The second-order valence-corrected chi connectivity index (χ2v) is 5.79. The molecule has 2 fully saturated rings. The van der Waals surface area contributed by atoms with Crippen LogP contribution < -0.4 is 0 Å². The Morgan fingerprint density at radius 1 is 1.24 bits per heavy atom. The zero-order chi connectivity index (χ0) is 15.2. The smallest absolute Gasteiger partial charge is 0.326 e. The van der Waals surface area contributed by atoms with Gasteiger partial charge in [0.15, 0.2) is 0 Å². The van der Waals surface area contributed by atoms with Crippen LogP contribution in [0.3, 0.4) is 0 Å². The number of likely N-dealkylation sites (tertiary alicyclic amines) is 1. The van der Waals surface area contributed by atoms with Gasteiger partial charge in [0.2, 0.25) is 5.91 Å². The van der Waals surface area contributed by atoms with Crippen LogP contribution >= 0.6 is 0 Å². The predicted octanol–water partition coefficient (Wildman–Crippen LogP) is 0.904. The molecule has 21 heavy (non-hydrogen) atoms. The molecule has 2 N–H and O–H groups in total. The van der Waals surface area contributed by atoms with Crippen molar-refractivity contribution in [3.63, 3.8) is 0 Å². The Kier molecular flexibility index (Phi) is 3.20. The van der Waals surface area contributed by atoms with E-state index in [9.17, 15) is 24.2 Å². The highest BCUT2D eigenvalue weighted by molar-refractivity contribution is 5.94. The Morgan fingerprint density at radius 2 is 1.86 bits per heavy atom. The van der Waals surface area contributed by atoms with Crippen LogP contribution in [-0.4, -0.2) is 45.7 Å². The van der Waals surface area contributed by atoms with Crippen LogP contribution in [0.1, 0.15) is 24.8 Å². The van der Waals surface area contributed by atoms with E-state index in [2.05, 4.69) is 0 Å². The number of amides is 1. The SMILES string of the molecule is O=C(O)C1CC(O)CN1C(=O)C1(c2ccc(F)cc2)CC1.